The van der Waals surface area contributed by atoms with Crippen LogP contribution in [-0.4, -0.2) is 18.5 Å². The average molecular weight is 398 g/mol. The molecule has 0 fully saturated rings. The van der Waals surface area contributed by atoms with Gasteiger partial charge < -0.3 is 4.55 Å². The second kappa shape index (κ2) is 8.39. The minimum Gasteiger partial charge on any atom is -0.741 e. The molecule has 3 rings (SSSR count). The molecule has 3 nitrogen and oxygen atoms in total. The summed E-state index contributed by atoms with van der Waals surface area (Å²) in [6.45, 7) is 0. The first-order valence-corrected chi connectivity index (χ1v) is 9.52. The van der Waals surface area contributed by atoms with Gasteiger partial charge in [0.2, 0.25) is 16.2 Å². The first-order chi connectivity index (χ1) is 12.2. The van der Waals surface area contributed by atoms with E-state index in [1.54, 1.807) is 11.3 Å². The number of halogens is 3. The zero-order valence-electron chi connectivity index (χ0n) is 13.2. The Morgan fingerprint density at radius 1 is 0.769 bits per heavy atom. The number of alkyl halides is 3. The van der Waals surface area contributed by atoms with Crippen molar-refractivity contribution in [1.82, 2.24) is 0 Å². The van der Waals surface area contributed by atoms with Crippen LogP contribution >= 0.6 is 11.3 Å². The van der Waals surface area contributed by atoms with Crippen molar-refractivity contribution in [3.05, 3.63) is 78.2 Å². The molecule has 1 aromatic heterocycles. The maximum absolute atomic E-state index is 10.7. The van der Waals surface area contributed by atoms with E-state index in [0.717, 1.165) is 0 Å². The fourth-order valence-electron chi connectivity index (χ4n) is 1.97. The van der Waals surface area contributed by atoms with Crippen molar-refractivity contribution in [3.8, 4) is 21.6 Å². The highest BCUT2D eigenvalue weighted by molar-refractivity contribution is 7.86. The van der Waals surface area contributed by atoms with E-state index in [1.807, 2.05) is 6.07 Å². The molecule has 0 aliphatic rings. The predicted molar refractivity (Wildman–Crippen MR) is 95.4 cm³/mol. The third kappa shape index (κ3) is 5.62. The molecule has 136 valence electrons. The van der Waals surface area contributed by atoms with E-state index >= 15 is 0 Å². The highest BCUT2D eigenvalue weighted by atomic mass is 32.2. The fourth-order valence-corrected chi connectivity index (χ4v) is 2.80. The average Bonchev–Trinajstić information content (AvgIpc) is 2.62. The van der Waals surface area contributed by atoms with E-state index in [9.17, 15) is 13.2 Å². The van der Waals surface area contributed by atoms with Crippen LogP contribution in [0.2, 0.25) is 0 Å². The minimum absolute atomic E-state index is 1.27. The molecule has 0 unspecified atom stereocenters. The SMILES string of the molecule is O=S(=O)([O-])C(F)(F)F.c1ccc(-c2cc[s+]c(-c3ccccc3)c2)cc1. The number of hydrogen-bond acceptors (Lipinski definition) is 3. The van der Waals surface area contributed by atoms with Crippen molar-refractivity contribution in [2.24, 2.45) is 0 Å². The van der Waals surface area contributed by atoms with Gasteiger partial charge >= 0.3 is 5.51 Å². The third-order valence-electron chi connectivity index (χ3n) is 3.18. The maximum atomic E-state index is 10.7. The molecule has 3 aromatic rings. The highest BCUT2D eigenvalue weighted by Gasteiger charge is 2.36. The summed E-state index contributed by atoms with van der Waals surface area (Å²) in [5, 5.41) is 2.16. The number of hydrogen-bond donors (Lipinski definition) is 0. The van der Waals surface area contributed by atoms with E-state index in [-0.39, 0.29) is 0 Å². The molecule has 0 saturated carbocycles. The molecule has 0 radical (unpaired) electrons. The summed E-state index contributed by atoms with van der Waals surface area (Å²) < 4.78 is 58.9. The van der Waals surface area contributed by atoms with Gasteiger partial charge in [0.25, 0.3) is 0 Å². The Balaban J connectivity index is 0.000000260. The van der Waals surface area contributed by atoms with Gasteiger partial charge in [0.05, 0.1) is 0 Å². The van der Waals surface area contributed by atoms with Gasteiger partial charge in [-0.3, -0.25) is 0 Å². The Kier molecular flexibility index (Phi) is 6.47. The van der Waals surface area contributed by atoms with Crippen LogP contribution in [0.1, 0.15) is 0 Å². The lowest BCUT2D eigenvalue weighted by molar-refractivity contribution is -0.0517. The fraction of sp³-hybridized carbons (Fsp3) is 0.0556. The lowest BCUT2D eigenvalue weighted by atomic mass is 10.1. The van der Waals surface area contributed by atoms with Crippen molar-refractivity contribution in [1.29, 1.82) is 0 Å². The molecule has 0 atom stereocenters. The first kappa shape index (κ1) is 20.0. The van der Waals surface area contributed by atoms with Crippen LogP contribution in [0, 0.1) is 0 Å². The van der Waals surface area contributed by atoms with Gasteiger partial charge in [-0.05, 0) is 23.3 Å². The van der Waals surface area contributed by atoms with Crippen LogP contribution in [-0.2, 0) is 10.1 Å². The topological polar surface area (TPSA) is 57.2 Å². The molecule has 0 N–H and O–H groups in total. The highest BCUT2D eigenvalue weighted by Crippen LogP contribution is 2.29. The van der Waals surface area contributed by atoms with Crippen molar-refractivity contribution >= 4 is 21.5 Å². The van der Waals surface area contributed by atoms with Gasteiger partial charge in [-0.15, -0.1) is 0 Å². The van der Waals surface area contributed by atoms with E-state index < -0.39 is 15.6 Å². The van der Waals surface area contributed by atoms with Crippen LogP contribution < -0.4 is 0 Å². The smallest absolute Gasteiger partial charge is 0.485 e. The quantitative estimate of drug-likeness (QED) is 0.329. The summed E-state index contributed by atoms with van der Waals surface area (Å²) in [5.74, 6) is 0. The molecule has 8 heteroatoms. The van der Waals surface area contributed by atoms with Gasteiger partial charge in [-0.1, -0.05) is 48.5 Å². The molecule has 0 aliphatic heterocycles. The minimum atomic E-state index is -6.09. The van der Waals surface area contributed by atoms with Crippen molar-refractivity contribution in [3.63, 3.8) is 0 Å². The second-order valence-corrected chi connectivity index (χ2v) is 7.34. The van der Waals surface area contributed by atoms with E-state index in [4.69, 9.17) is 13.0 Å². The van der Waals surface area contributed by atoms with Crippen LogP contribution in [0.4, 0.5) is 13.2 Å². The number of benzene rings is 2. The lowest BCUT2D eigenvalue weighted by Gasteiger charge is -2.08. The second-order valence-electron chi connectivity index (χ2n) is 5.02. The van der Waals surface area contributed by atoms with E-state index in [0.29, 0.717) is 0 Å². The lowest BCUT2D eigenvalue weighted by Crippen LogP contribution is -2.21. The largest absolute Gasteiger partial charge is 0.741 e. The Hall–Kier alpha value is -2.29. The normalized spacial score (nSPS) is 11.4. The van der Waals surface area contributed by atoms with Crippen molar-refractivity contribution in [2.75, 3.05) is 0 Å². The summed E-state index contributed by atoms with van der Waals surface area (Å²) in [6.07, 6.45) is 0. The Morgan fingerprint density at radius 2 is 1.23 bits per heavy atom. The summed E-state index contributed by atoms with van der Waals surface area (Å²) >= 11 is 1.77. The number of rotatable bonds is 2. The first-order valence-electron chi connectivity index (χ1n) is 7.23. The molecule has 2 aromatic carbocycles. The Bertz CT molecular complexity index is 887. The molecule has 0 bridgehead atoms. The summed E-state index contributed by atoms with van der Waals surface area (Å²) in [4.78, 5) is 1.30. The van der Waals surface area contributed by atoms with Gasteiger partial charge in [-0.25, -0.2) is 8.42 Å². The Labute approximate surface area is 153 Å². The van der Waals surface area contributed by atoms with Crippen LogP contribution in [0.25, 0.3) is 21.6 Å². The van der Waals surface area contributed by atoms with Gasteiger partial charge in [-0.2, -0.15) is 13.2 Å². The molecule has 0 spiro atoms. The Morgan fingerprint density at radius 3 is 1.69 bits per heavy atom. The van der Waals surface area contributed by atoms with Crippen LogP contribution in [0.5, 0.6) is 0 Å². The van der Waals surface area contributed by atoms with Crippen LogP contribution in [0.15, 0.2) is 78.2 Å². The van der Waals surface area contributed by atoms with E-state index in [2.05, 4.69) is 72.1 Å². The zero-order chi connectivity index (χ0) is 19.2. The molecular formula is C18H13F3O3S2. The molecule has 26 heavy (non-hydrogen) atoms. The van der Waals surface area contributed by atoms with Gasteiger partial charge in [0.15, 0.2) is 15.5 Å². The zero-order valence-corrected chi connectivity index (χ0v) is 14.8. The molecular weight excluding hydrogens is 385 g/mol. The van der Waals surface area contributed by atoms with Gasteiger partial charge in [0.1, 0.15) is 0 Å². The van der Waals surface area contributed by atoms with Crippen LogP contribution in [0.3, 0.4) is 0 Å². The van der Waals surface area contributed by atoms with E-state index in [1.165, 1.54) is 21.6 Å². The predicted octanol–water partition coefficient (Wildman–Crippen LogP) is 5.41. The van der Waals surface area contributed by atoms with Crippen molar-refractivity contribution < 1.29 is 26.1 Å². The molecule has 0 saturated heterocycles. The standard InChI is InChI=1S/C17H13S.CHF3O3S/c1-3-7-14(8-4-1)16-11-12-18-17(13-16)15-9-5-2-6-10-15;2-1(3,4)8(5,6)7/h1-13H;(H,5,6,7)/q+1;/p-1. The van der Waals surface area contributed by atoms with Crippen molar-refractivity contribution in [2.45, 2.75) is 5.51 Å². The third-order valence-corrected chi connectivity index (χ3v) is 4.62. The monoisotopic (exact) mass is 398 g/mol. The molecule has 0 aliphatic carbocycles. The molecule has 1 heterocycles. The summed E-state index contributed by atoms with van der Waals surface area (Å²) in [6, 6.07) is 25.4. The molecule has 0 amide bonds. The maximum Gasteiger partial charge on any atom is 0.485 e. The van der Waals surface area contributed by atoms with Gasteiger partial charge in [0, 0.05) is 17.7 Å². The summed E-state index contributed by atoms with van der Waals surface area (Å²) in [7, 11) is -6.09. The summed E-state index contributed by atoms with van der Waals surface area (Å²) in [5.41, 5.74) is -1.83.